The molecular formula is C30H21O4P. The van der Waals surface area contributed by atoms with Gasteiger partial charge >= 0.3 is 7.82 Å². The minimum absolute atomic E-state index is 0.397. The Morgan fingerprint density at radius 2 is 0.657 bits per heavy atom. The summed E-state index contributed by atoms with van der Waals surface area (Å²) >= 11 is 0. The zero-order chi connectivity index (χ0) is 23.7. The molecule has 0 amide bonds. The maximum atomic E-state index is 14.1. The van der Waals surface area contributed by atoms with Crippen LogP contribution >= 0.6 is 7.82 Å². The van der Waals surface area contributed by atoms with E-state index in [0.717, 1.165) is 32.3 Å². The Kier molecular flexibility index (Phi) is 5.36. The lowest BCUT2D eigenvalue weighted by atomic mass is 10.1. The SMILES string of the molecule is O=P(Oc1ccc2ccccc2c1)(Oc1ccc2ccccc2c1)Oc1ccc2ccccc2c1. The van der Waals surface area contributed by atoms with Crippen LogP contribution in [0.5, 0.6) is 17.2 Å². The summed E-state index contributed by atoms with van der Waals surface area (Å²) in [6.45, 7) is 0. The number of rotatable bonds is 6. The topological polar surface area (TPSA) is 44.8 Å². The van der Waals surface area contributed by atoms with Crippen LogP contribution in [0.3, 0.4) is 0 Å². The third kappa shape index (κ3) is 4.57. The van der Waals surface area contributed by atoms with Gasteiger partial charge in [-0.15, -0.1) is 0 Å². The second-order valence-electron chi connectivity index (χ2n) is 8.25. The quantitative estimate of drug-likeness (QED) is 0.225. The number of phosphoric ester groups is 1. The number of fused-ring (bicyclic) bond motifs is 3. The van der Waals surface area contributed by atoms with Crippen molar-refractivity contribution >= 4 is 40.1 Å². The van der Waals surface area contributed by atoms with E-state index < -0.39 is 7.82 Å². The van der Waals surface area contributed by atoms with Gasteiger partial charge in [0, 0.05) is 0 Å². The molecule has 0 aliphatic carbocycles. The highest BCUT2D eigenvalue weighted by Gasteiger charge is 2.33. The first-order valence-electron chi connectivity index (χ1n) is 11.3. The molecule has 0 unspecified atom stereocenters. The van der Waals surface area contributed by atoms with E-state index in [1.807, 2.05) is 109 Å². The van der Waals surface area contributed by atoms with Crippen molar-refractivity contribution in [2.75, 3.05) is 0 Å². The molecule has 0 saturated carbocycles. The highest BCUT2D eigenvalue weighted by atomic mass is 31.2. The Balaban J connectivity index is 1.38. The van der Waals surface area contributed by atoms with Crippen molar-refractivity contribution in [2.45, 2.75) is 0 Å². The molecule has 170 valence electrons. The normalized spacial score (nSPS) is 11.5. The van der Waals surface area contributed by atoms with E-state index in [9.17, 15) is 4.57 Å². The number of hydrogen-bond donors (Lipinski definition) is 0. The molecule has 0 N–H and O–H groups in total. The molecule has 0 fully saturated rings. The predicted octanol–water partition coefficient (Wildman–Crippen LogP) is 8.79. The summed E-state index contributed by atoms with van der Waals surface area (Å²) in [5.74, 6) is 1.19. The third-order valence-electron chi connectivity index (χ3n) is 5.81. The first-order valence-corrected chi connectivity index (χ1v) is 12.7. The van der Waals surface area contributed by atoms with Crippen molar-refractivity contribution in [3.63, 3.8) is 0 Å². The molecule has 0 aliphatic heterocycles. The third-order valence-corrected chi connectivity index (χ3v) is 7.12. The van der Waals surface area contributed by atoms with Gasteiger partial charge in [-0.2, -0.15) is 4.57 Å². The highest BCUT2D eigenvalue weighted by Crippen LogP contribution is 2.50. The van der Waals surface area contributed by atoms with Crippen LogP contribution in [0.25, 0.3) is 32.3 Å². The zero-order valence-electron chi connectivity index (χ0n) is 18.7. The average Bonchev–Trinajstić information content (AvgIpc) is 2.88. The first-order chi connectivity index (χ1) is 17.1. The molecule has 0 spiro atoms. The van der Waals surface area contributed by atoms with Crippen molar-refractivity contribution in [3.8, 4) is 17.2 Å². The van der Waals surface area contributed by atoms with Gasteiger partial charge in [0.15, 0.2) is 0 Å². The summed E-state index contributed by atoms with van der Waals surface area (Å²) in [5, 5.41) is 6.07. The molecule has 0 bridgehead atoms. The predicted molar refractivity (Wildman–Crippen MR) is 141 cm³/mol. The second kappa shape index (κ2) is 8.83. The van der Waals surface area contributed by atoms with Crippen molar-refractivity contribution < 1.29 is 18.1 Å². The van der Waals surface area contributed by atoms with Gasteiger partial charge in [0.25, 0.3) is 0 Å². The van der Waals surface area contributed by atoms with E-state index in [1.54, 1.807) is 18.2 Å². The van der Waals surface area contributed by atoms with Crippen LogP contribution in [0.1, 0.15) is 0 Å². The van der Waals surface area contributed by atoms with Crippen molar-refractivity contribution in [1.82, 2.24) is 0 Å². The van der Waals surface area contributed by atoms with Crippen LogP contribution in [-0.2, 0) is 4.57 Å². The Bertz CT molecular complexity index is 1520. The van der Waals surface area contributed by atoms with Gasteiger partial charge in [-0.05, 0) is 68.7 Å². The van der Waals surface area contributed by atoms with Crippen LogP contribution in [0.2, 0.25) is 0 Å². The highest BCUT2D eigenvalue weighted by molar-refractivity contribution is 7.49. The Labute approximate surface area is 202 Å². The molecule has 5 heteroatoms. The lowest BCUT2D eigenvalue weighted by Gasteiger charge is -2.20. The molecule has 0 aromatic heterocycles. The minimum atomic E-state index is -4.12. The summed E-state index contributed by atoms with van der Waals surface area (Å²) in [4.78, 5) is 0. The summed E-state index contributed by atoms with van der Waals surface area (Å²) < 4.78 is 31.9. The molecule has 6 aromatic carbocycles. The van der Waals surface area contributed by atoms with E-state index in [0.29, 0.717) is 17.2 Å². The zero-order valence-corrected chi connectivity index (χ0v) is 19.6. The van der Waals surface area contributed by atoms with Crippen LogP contribution in [-0.4, -0.2) is 0 Å². The summed E-state index contributed by atoms with van der Waals surface area (Å²) in [7, 11) is -4.12. The molecule has 0 atom stereocenters. The Morgan fingerprint density at radius 3 is 0.971 bits per heavy atom. The molecule has 6 rings (SSSR count). The number of phosphoric acid groups is 1. The lowest BCUT2D eigenvalue weighted by molar-refractivity contribution is 0.299. The number of hydrogen-bond acceptors (Lipinski definition) is 4. The van der Waals surface area contributed by atoms with E-state index in [4.69, 9.17) is 13.6 Å². The van der Waals surface area contributed by atoms with Gasteiger partial charge in [0.1, 0.15) is 17.2 Å². The van der Waals surface area contributed by atoms with Crippen molar-refractivity contribution in [3.05, 3.63) is 127 Å². The summed E-state index contributed by atoms with van der Waals surface area (Å²) in [6, 6.07) is 40.2. The smallest absolute Gasteiger partial charge is 0.386 e. The van der Waals surface area contributed by atoms with Crippen LogP contribution in [0, 0.1) is 0 Å². The minimum Gasteiger partial charge on any atom is -0.386 e. The van der Waals surface area contributed by atoms with Gasteiger partial charge < -0.3 is 13.6 Å². The second-order valence-corrected chi connectivity index (χ2v) is 9.69. The van der Waals surface area contributed by atoms with Crippen molar-refractivity contribution in [2.24, 2.45) is 0 Å². The monoisotopic (exact) mass is 476 g/mol. The first kappa shape index (κ1) is 21.3. The molecule has 0 aliphatic rings. The maximum absolute atomic E-state index is 14.1. The number of benzene rings is 6. The average molecular weight is 476 g/mol. The molecule has 0 heterocycles. The maximum Gasteiger partial charge on any atom is 0.647 e. The van der Waals surface area contributed by atoms with Crippen LogP contribution in [0.15, 0.2) is 127 Å². The fourth-order valence-corrected chi connectivity index (χ4v) is 5.34. The van der Waals surface area contributed by atoms with Crippen LogP contribution < -0.4 is 13.6 Å². The summed E-state index contributed by atoms with van der Waals surface area (Å²) in [6.07, 6.45) is 0. The Morgan fingerprint density at radius 1 is 0.371 bits per heavy atom. The van der Waals surface area contributed by atoms with Crippen LogP contribution in [0.4, 0.5) is 0 Å². The van der Waals surface area contributed by atoms with E-state index >= 15 is 0 Å². The molecule has 0 radical (unpaired) electrons. The van der Waals surface area contributed by atoms with Gasteiger partial charge in [0.2, 0.25) is 0 Å². The largest absolute Gasteiger partial charge is 0.647 e. The lowest BCUT2D eigenvalue weighted by Crippen LogP contribution is -2.07. The van der Waals surface area contributed by atoms with Gasteiger partial charge in [-0.3, -0.25) is 0 Å². The Hall–Kier alpha value is -4.27. The van der Waals surface area contributed by atoms with Crippen molar-refractivity contribution in [1.29, 1.82) is 0 Å². The van der Waals surface area contributed by atoms with Gasteiger partial charge in [0.05, 0.1) is 0 Å². The van der Waals surface area contributed by atoms with E-state index in [2.05, 4.69) is 0 Å². The van der Waals surface area contributed by atoms with Gasteiger partial charge in [-0.25, -0.2) is 0 Å². The summed E-state index contributed by atoms with van der Waals surface area (Å²) in [5.41, 5.74) is 0. The van der Waals surface area contributed by atoms with E-state index in [1.165, 1.54) is 0 Å². The fourth-order valence-electron chi connectivity index (χ4n) is 4.12. The molecule has 4 nitrogen and oxygen atoms in total. The standard InChI is InChI=1S/C30H21O4P/c31-35(32-28-16-13-22-7-1-4-10-25(22)19-28,33-29-17-14-23-8-2-5-11-26(23)20-29)34-30-18-15-24-9-3-6-12-27(24)21-30/h1-21H. The van der Waals surface area contributed by atoms with Gasteiger partial charge in [-0.1, -0.05) is 91.0 Å². The molecular weight excluding hydrogens is 455 g/mol. The van der Waals surface area contributed by atoms with E-state index in [-0.39, 0.29) is 0 Å². The molecule has 35 heavy (non-hydrogen) atoms. The molecule has 6 aromatic rings. The fraction of sp³-hybridized carbons (Fsp3) is 0. The molecule has 0 saturated heterocycles.